The zero-order valence-electron chi connectivity index (χ0n) is 10.9. The van der Waals surface area contributed by atoms with Gasteiger partial charge in [-0.25, -0.2) is 13.1 Å². The molecule has 1 aliphatic carbocycles. The monoisotopic (exact) mass is 302 g/mol. The van der Waals surface area contributed by atoms with Gasteiger partial charge in [0.05, 0.1) is 10.7 Å². The Morgan fingerprint density at radius 3 is 2.63 bits per heavy atom. The summed E-state index contributed by atoms with van der Waals surface area (Å²) >= 11 is 5.94. The number of anilines is 1. The molecule has 19 heavy (non-hydrogen) atoms. The fourth-order valence-electron chi connectivity index (χ4n) is 2.35. The first-order valence-electron chi connectivity index (χ1n) is 6.44. The van der Waals surface area contributed by atoms with Crippen molar-refractivity contribution in [1.82, 2.24) is 4.72 Å². The highest BCUT2D eigenvalue weighted by Crippen LogP contribution is 2.49. The van der Waals surface area contributed by atoms with E-state index in [0.29, 0.717) is 6.54 Å². The quantitative estimate of drug-likeness (QED) is 0.794. The van der Waals surface area contributed by atoms with E-state index in [4.69, 9.17) is 17.3 Å². The molecule has 1 aliphatic rings. The van der Waals surface area contributed by atoms with E-state index in [0.717, 1.165) is 25.7 Å². The second kappa shape index (κ2) is 5.31. The minimum Gasteiger partial charge on any atom is -0.398 e. The van der Waals surface area contributed by atoms with Crippen LogP contribution in [0.1, 0.15) is 32.6 Å². The molecule has 0 amide bonds. The lowest BCUT2D eigenvalue weighted by Crippen LogP contribution is -2.31. The first-order valence-corrected chi connectivity index (χ1v) is 8.30. The van der Waals surface area contributed by atoms with Crippen LogP contribution in [0.25, 0.3) is 0 Å². The smallest absolute Gasteiger partial charge is 0.244 e. The molecule has 6 heteroatoms. The number of hydrogen-bond acceptors (Lipinski definition) is 3. The first kappa shape index (κ1) is 14.6. The Hall–Kier alpha value is -0.780. The van der Waals surface area contributed by atoms with E-state index in [1.54, 1.807) is 12.1 Å². The van der Waals surface area contributed by atoms with Crippen LogP contribution >= 0.6 is 11.6 Å². The van der Waals surface area contributed by atoms with E-state index >= 15 is 0 Å². The highest BCUT2D eigenvalue weighted by Gasteiger charge is 2.42. The number of nitrogens with one attached hydrogen (secondary N) is 1. The topological polar surface area (TPSA) is 72.2 Å². The van der Waals surface area contributed by atoms with Crippen molar-refractivity contribution in [1.29, 1.82) is 0 Å². The summed E-state index contributed by atoms with van der Waals surface area (Å²) in [5, 5.41) is 0.160. The maximum absolute atomic E-state index is 12.3. The van der Waals surface area contributed by atoms with Crippen LogP contribution in [-0.4, -0.2) is 15.0 Å². The SMILES string of the molecule is CCCC1(CNS(=O)(=O)c2c(N)cccc2Cl)CC1. The van der Waals surface area contributed by atoms with Gasteiger partial charge >= 0.3 is 0 Å². The van der Waals surface area contributed by atoms with Crippen LogP contribution < -0.4 is 10.5 Å². The van der Waals surface area contributed by atoms with Gasteiger partial charge in [-0.3, -0.25) is 0 Å². The molecule has 2 rings (SSSR count). The number of nitrogen functional groups attached to an aromatic ring is 1. The number of benzene rings is 1. The van der Waals surface area contributed by atoms with Crippen molar-refractivity contribution in [3.05, 3.63) is 23.2 Å². The lowest BCUT2D eigenvalue weighted by Gasteiger charge is -2.16. The summed E-state index contributed by atoms with van der Waals surface area (Å²) in [7, 11) is -3.64. The molecule has 0 heterocycles. The molecule has 0 spiro atoms. The van der Waals surface area contributed by atoms with Crippen molar-refractivity contribution in [3.63, 3.8) is 0 Å². The number of sulfonamides is 1. The summed E-state index contributed by atoms with van der Waals surface area (Å²) in [5.74, 6) is 0. The summed E-state index contributed by atoms with van der Waals surface area (Å²) in [6.45, 7) is 2.58. The van der Waals surface area contributed by atoms with Crippen molar-refractivity contribution in [2.75, 3.05) is 12.3 Å². The van der Waals surface area contributed by atoms with Gasteiger partial charge in [0, 0.05) is 6.54 Å². The van der Waals surface area contributed by atoms with Crippen molar-refractivity contribution in [3.8, 4) is 0 Å². The van der Waals surface area contributed by atoms with Crippen LogP contribution in [0, 0.1) is 5.41 Å². The molecule has 106 valence electrons. The van der Waals surface area contributed by atoms with E-state index < -0.39 is 10.0 Å². The normalized spacial score (nSPS) is 17.4. The minimum atomic E-state index is -3.64. The van der Waals surface area contributed by atoms with Gasteiger partial charge in [0.15, 0.2) is 0 Å². The van der Waals surface area contributed by atoms with Crippen molar-refractivity contribution in [2.45, 2.75) is 37.5 Å². The van der Waals surface area contributed by atoms with Crippen LogP contribution in [0.5, 0.6) is 0 Å². The molecule has 1 aromatic rings. The van der Waals surface area contributed by atoms with Gasteiger partial charge in [-0.2, -0.15) is 0 Å². The van der Waals surface area contributed by atoms with Crippen molar-refractivity contribution in [2.24, 2.45) is 5.41 Å². The largest absolute Gasteiger partial charge is 0.398 e. The Balaban J connectivity index is 2.15. The average molecular weight is 303 g/mol. The van der Waals surface area contributed by atoms with Crippen molar-refractivity contribution < 1.29 is 8.42 Å². The molecule has 0 atom stereocenters. The molecule has 0 aliphatic heterocycles. The standard InChI is InChI=1S/C13H19ClN2O2S/c1-2-6-13(7-8-13)9-16-19(17,18)12-10(14)4-3-5-11(12)15/h3-5,16H,2,6-9,15H2,1H3. The molecule has 0 unspecified atom stereocenters. The van der Waals surface area contributed by atoms with Crippen molar-refractivity contribution >= 4 is 27.3 Å². The van der Waals surface area contributed by atoms with Crippen LogP contribution in [0.4, 0.5) is 5.69 Å². The van der Waals surface area contributed by atoms with Crippen LogP contribution in [0.15, 0.2) is 23.1 Å². The molecule has 0 aromatic heterocycles. The Labute approximate surface area is 119 Å². The fourth-order valence-corrected chi connectivity index (χ4v) is 4.18. The Kier molecular flexibility index (Phi) is 4.08. The van der Waals surface area contributed by atoms with E-state index in [-0.39, 0.29) is 21.0 Å². The molecule has 1 aromatic carbocycles. The third kappa shape index (κ3) is 3.22. The summed E-state index contributed by atoms with van der Waals surface area (Å²) in [4.78, 5) is -0.0102. The van der Waals surface area contributed by atoms with Gasteiger partial charge in [-0.1, -0.05) is 31.0 Å². The Morgan fingerprint density at radius 2 is 2.11 bits per heavy atom. The molecule has 1 fully saturated rings. The maximum Gasteiger partial charge on any atom is 0.244 e. The van der Waals surface area contributed by atoms with E-state index in [2.05, 4.69) is 11.6 Å². The van der Waals surface area contributed by atoms with Crippen LogP contribution in [0.2, 0.25) is 5.02 Å². The lowest BCUT2D eigenvalue weighted by atomic mass is 10.0. The second-order valence-corrected chi connectivity index (χ2v) is 7.34. The third-order valence-corrected chi connectivity index (χ3v) is 5.59. The van der Waals surface area contributed by atoms with Gasteiger partial charge in [0.1, 0.15) is 4.90 Å². The maximum atomic E-state index is 12.3. The minimum absolute atomic E-state index is 0.0102. The van der Waals surface area contributed by atoms with E-state index in [1.165, 1.54) is 6.07 Å². The van der Waals surface area contributed by atoms with Gasteiger partial charge in [0.2, 0.25) is 10.0 Å². The van der Waals surface area contributed by atoms with E-state index in [1.807, 2.05) is 0 Å². The van der Waals surface area contributed by atoms with Gasteiger partial charge in [0.25, 0.3) is 0 Å². The van der Waals surface area contributed by atoms with Gasteiger partial charge in [-0.15, -0.1) is 0 Å². The summed E-state index contributed by atoms with van der Waals surface area (Å²) < 4.78 is 27.2. The molecule has 0 bridgehead atoms. The molecule has 0 radical (unpaired) electrons. The molecular formula is C13H19ClN2O2S. The number of hydrogen-bond donors (Lipinski definition) is 2. The van der Waals surface area contributed by atoms with E-state index in [9.17, 15) is 8.42 Å². The van der Waals surface area contributed by atoms with Crippen LogP contribution in [0.3, 0.4) is 0 Å². The van der Waals surface area contributed by atoms with Gasteiger partial charge in [-0.05, 0) is 36.8 Å². The average Bonchev–Trinajstić information content (AvgIpc) is 3.07. The predicted octanol–water partition coefficient (Wildman–Crippen LogP) is 2.78. The highest BCUT2D eigenvalue weighted by molar-refractivity contribution is 7.89. The molecule has 0 saturated heterocycles. The number of rotatable bonds is 6. The van der Waals surface area contributed by atoms with Gasteiger partial charge < -0.3 is 5.73 Å². The zero-order chi connectivity index (χ0) is 14.1. The Morgan fingerprint density at radius 1 is 1.42 bits per heavy atom. The molecular weight excluding hydrogens is 284 g/mol. The molecule has 4 nitrogen and oxygen atoms in total. The zero-order valence-corrected chi connectivity index (χ0v) is 12.5. The summed E-state index contributed by atoms with van der Waals surface area (Å²) in [6, 6.07) is 4.71. The number of halogens is 1. The first-order chi connectivity index (χ1) is 8.90. The highest BCUT2D eigenvalue weighted by atomic mass is 35.5. The number of nitrogens with two attached hydrogens (primary N) is 1. The molecule has 3 N–H and O–H groups in total. The Bertz CT molecular complexity index is 548. The summed E-state index contributed by atoms with van der Waals surface area (Å²) in [6.07, 6.45) is 4.28. The lowest BCUT2D eigenvalue weighted by molar-refractivity contribution is 0.449. The fraction of sp³-hybridized carbons (Fsp3) is 0.538. The summed E-state index contributed by atoms with van der Waals surface area (Å²) in [5.41, 5.74) is 6.05. The second-order valence-electron chi connectivity index (χ2n) is 5.23. The molecule has 1 saturated carbocycles. The predicted molar refractivity (Wildman–Crippen MR) is 77.6 cm³/mol. The van der Waals surface area contributed by atoms with Crippen LogP contribution in [-0.2, 0) is 10.0 Å². The third-order valence-electron chi connectivity index (χ3n) is 3.64.